The van der Waals surface area contributed by atoms with Gasteiger partial charge in [-0.15, -0.1) is 0 Å². The van der Waals surface area contributed by atoms with Crippen LogP contribution >= 0.6 is 0 Å². The summed E-state index contributed by atoms with van der Waals surface area (Å²) in [6.07, 6.45) is 3.76. The Morgan fingerprint density at radius 2 is 1.42 bits per heavy atom. The smallest absolute Gasteiger partial charge is 0.410 e. The van der Waals surface area contributed by atoms with Crippen LogP contribution in [0.4, 0.5) is 14.4 Å². The van der Waals surface area contributed by atoms with Gasteiger partial charge in [0.05, 0.1) is 13.2 Å². The van der Waals surface area contributed by atoms with Crippen molar-refractivity contribution in [2.45, 2.75) is 97.3 Å². The highest BCUT2D eigenvalue weighted by Gasteiger charge is 2.30. The van der Waals surface area contributed by atoms with E-state index in [2.05, 4.69) is 16.0 Å². The lowest BCUT2D eigenvalue weighted by molar-refractivity contribution is -0.145. The van der Waals surface area contributed by atoms with Gasteiger partial charge in [0.15, 0.2) is 0 Å². The molecule has 0 saturated carbocycles. The molecule has 4 N–H and O–H groups in total. The molecule has 0 aromatic heterocycles. The summed E-state index contributed by atoms with van der Waals surface area (Å²) < 4.78 is 15.8. The first-order valence-corrected chi connectivity index (χ1v) is 18.4. The van der Waals surface area contributed by atoms with Gasteiger partial charge in [0, 0.05) is 38.6 Å². The molecule has 15 nitrogen and oxygen atoms in total. The number of carbonyl (C=O) groups excluding carboxylic acids is 5. The minimum absolute atomic E-state index is 0.00538. The highest BCUT2D eigenvalue weighted by molar-refractivity contribution is 5.87. The van der Waals surface area contributed by atoms with Crippen LogP contribution < -0.4 is 16.0 Å². The maximum Gasteiger partial charge on any atom is 0.410 e. The van der Waals surface area contributed by atoms with Crippen molar-refractivity contribution in [3.8, 4) is 0 Å². The third-order valence-electron chi connectivity index (χ3n) is 9.37. The number of likely N-dealkylation sites (tertiary alicyclic amines) is 2. The second-order valence-electron chi connectivity index (χ2n) is 14.5. The summed E-state index contributed by atoms with van der Waals surface area (Å²) in [5, 5.41) is 17.1. The van der Waals surface area contributed by atoms with Gasteiger partial charge >= 0.3 is 24.2 Å². The third-order valence-corrected chi connectivity index (χ3v) is 9.37. The van der Waals surface area contributed by atoms with E-state index in [4.69, 9.17) is 14.2 Å². The summed E-state index contributed by atoms with van der Waals surface area (Å²) in [4.78, 5) is 78.2. The van der Waals surface area contributed by atoms with Gasteiger partial charge in [-0.3, -0.25) is 9.59 Å². The summed E-state index contributed by atoms with van der Waals surface area (Å²) in [5.41, 5.74) is 0.200. The molecule has 2 saturated heterocycles. The molecular weight excluding hydrogens is 674 g/mol. The standard InChI is InChI=1S/C37H57N5O10/c1-5-50-33(45)30(40-34(46)51-25-28-9-7-6-8-10-28)23-38-31(43)24-39-32(44)29(13-11-26-15-19-41(20-16-26)35(47)48)14-12-27-17-21-42(22-18-27)36(49)52-37(2,3)4/h6-10,26-27,29-30H,5,11-25H2,1-4H3,(H,38,43)(H,39,44)(H,40,46)(H,47,48)/t29?,30-/m0/s1. The first kappa shape index (κ1) is 41.9. The molecule has 290 valence electrons. The van der Waals surface area contributed by atoms with Crippen molar-refractivity contribution in [1.29, 1.82) is 0 Å². The molecule has 1 aromatic rings. The van der Waals surface area contributed by atoms with E-state index in [1.54, 1.807) is 36.1 Å². The minimum Gasteiger partial charge on any atom is -0.465 e. The first-order valence-electron chi connectivity index (χ1n) is 18.4. The lowest BCUT2D eigenvalue weighted by Gasteiger charge is -2.34. The number of alkyl carbamates (subject to hydrolysis) is 1. The van der Waals surface area contributed by atoms with Gasteiger partial charge in [-0.1, -0.05) is 30.3 Å². The number of rotatable bonds is 16. The van der Waals surface area contributed by atoms with Crippen LogP contribution in [0, 0.1) is 17.8 Å². The van der Waals surface area contributed by atoms with Crippen LogP contribution in [0.25, 0.3) is 0 Å². The molecule has 52 heavy (non-hydrogen) atoms. The van der Waals surface area contributed by atoms with Crippen LogP contribution in [0.2, 0.25) is 0 Å². The van der Waals surface area contributed by atoms with E-state index in [9.17, 15) is 33.9 Å². The SMILES string of the molecule is CCOC(=O)[C@H](CNC(=O)CNC(=O)C(CCC1CCN(C(=O)O)CC1)CCC1CCN(C(=O)OC(C)(C)C)CC1)NC(=O)OCc1ccccc1. The molecule has 2 aliphatic rings. The number of amides is 5. The Morgan fingerprint density at radius 3 is 1.96 bits per heavy atom. The molecule has 0 spiro atoms. The number of esters is 1. The normalized spacial score (nSPS) is 16.6. The van der Waals surface area contributed by atoms with Crippen molar-refractivity contribution in [2.24, 2.45) is 17.8 Å². The number of piperidine rings is 2. The number of carbonyl (C=O) groups is 6. The van der Waals surface area contributed by atoms with Crippen LogP contribution in [-0.2, 0) is 35.2 Å². The quantitative estimate of drug-likeness (QED) is 0.141. The Morgan fingerprint density at radius 1 is 0.846 bits per heavy atom. The lowest BCUT2D eigenvalue weighted by atomic mass is 9.84. The van der Waals surface area contributed by atoms with Crippen LogP contribution in [-0.4, -0.2) is 108 Å². The van der Waals surface area contributed by atoms with Gasteiger partial charge in [-0.05, 0) is 96.5 Å². The van der Waals surface area contributed by atoms with E-state index in [0.29, 0.717) is 50.9 Å². The lowest BCUT2D eigenvalue weighted by Crippen LogP contribution is -2.50. The van der Waals surface area contributed by atoms with Gasteiger partial charge in [-0.25, -0.2) is 19.2 Å². The average molecular weight is 732 g/mol. The fourth-order valence-corrected chi connectivity index (χ4v) is 6.36. The second kappa shape index (κ2) is 21.1. The average Bonchev–Trinajstić information content (AvgIpc) is 3.11. The van der Waals surface area contributed by atoms with Crippen LogP contribution in [0.3, 0.4) is 0 Å². The van der Waals surface area contributed by atoms with Gasteiger partial charge in [0.25, 0.3) is 0 Å². The summed E-state index contributed by atoms with van der Waals surface area (Å²) in [5.74, 6) is -1.26. The van der Waals surface area contributed by atoms with E-state index >= 15 is 0 Å². The molecule has 0 radical (unpaired) electrons. The molecule has 2 aliphatic heterocycles. The number of hydrogen-bond donors (Lipinski definition) is 4. The van der Waals surface area contributed by atoms with Gasteiger partial charge in [0.1, 0.15) is 18.2 Å². The molecule has 2 fully saturated rings. The van der Waals surface area contributed by atoms with Crippen molar-refractivity contribution >= 4 is 36.1 Å². The number of benzene rings is 1. The zero-order valence-corrected chi connectivity index (χ0v) is 31.0. The van der Waals surface area contributed by atoms with Crippen molar-refractivity contribution < 1.29 is 48.1 Å². The van der Waals surface area contributed by atoms with Crippen LogP contribution in [0.15, 0.2) is 30.3 Å². The Bertz CT molecular complexity index is 1320. The molecule has 2 atom stereocenters. The van der Waals surface area contributed by atoms with Crippen molar-refractivity contribution in [3.05, 3.63) is 35.9 Å². The maximum atomic E-state index is 13.5. The highest BCUT2D eigenvalue weighted by atomic mass is 16.6. The Kier molecular flexibility index (Phi) is 17.0. The minimum atomic E-state index is -1.20. The largest absolute Gasteiger partial charge is 0.465 e. The number of ether oxygens (including phenoxy) is 3. The fourth-order valence-electron chi connectivity index (χ4n) is 6.36. The number of nitrogens with zero attached hydrogens (tertiary/aromatic N) is 2. The molecule has 3 rings (SSSR count). The van der Waals surface area contributed by atoms with Crippen molar-refractivity contribution in [2.75, 3.05) is 45.9 Å². The number of nitrogens with one attached hydrogen (secondary N) is 3. The molecule has 1 aromatic carbocycles. The molecular formula is C37H57N5O10. The molecule has 15 heteroatoms. The van der Waals surface area contributed by atoms with Crippen LogP contribution in [0.5, 0.6) is 0 Å². The Balaban J connectivity index is 1.51. The highest BCUT2D eigenvalue weighted by Crippen LogP contribution is 2.29. The van der Waals surface area contributed by atoms with Crippen molar-refractivity contribution in [1.82, 2.24) is 25.8 Å². The number of hydrogen-bond acceptors (Lipinski definition) is 9. The topological polar surface area (TPSA) is 193 Å². The zero-order valence-electron chi connectivity index (χ0n) is 31.0. The van der Waals surface area contributed by atoms with Gasteiger partial charge in [-0.2, -0.15) is 0 Å². The molecule has 2 heterocycles. The van der Waals surface area contributed by atoms with Crippen LogP contribution in [0.1, 0.15) is 84.6 Å². The van der Waals surface area contributed by atoms with Crippen molar-refractivity contribution in [3.63, 3.8) is 0 Å². The maximum absolute atomic E-state index is 13.5. The Hall–Kier alpha value is -4.56. The molecule has 0 bridgehead atoms. The Labute approximate surface area is 306 Å². The summed E-state index contributed by atoms with van der Waals surface area (Å²) in [6, 6.07) is 7.82. The summed E-state index contributed by atoms with van der Waals surface area (Å²) >= 11 is 0. The van der Waals surface area contributed by atoms with E-state index in [0.717, 1.165) is 44.1 Å². The monoisotopic (exact) mass is 731 g/mol. The molecule has 0 aliphatic carbocycles. The molecule has 1 unspecified atom stereocenters. The summed E-state index contributed by atoms with van der Waals surface area (Å²) in [6.45, 7) is 8.74. The van der Waals surface area contributed by atoms with Gasteiger partial charge in [0.2, 0.25) is 11.8 Å². The predicted octanol–water partition coefficient (Wildman–Crippen LogP) is 4.29. The third kappa shape index (κ3) is 15.4. The fraction of sp³-hybridized carbons (Fsp3) is 0.676. The van der Waals surface area contributed by atoms with E-state index in [1.807, 2.05) is 26.8 Å². The van der Waals surface area contributed by atoms with Gasteiger partial charge < -0.3 is 45.1 Å². The first-order chi connectivity index (χ1) is 24.7. The summed E-state index contributed by atoms with van der Waals surface area (Å²) in [7, 11) is 0. The molecule has 5 amide bonds. The number of carboxylic acid groups (broad SMARTS) is 1. The van der Waals surface area contributed by atoms with E-state index in [1.165, 1.54) is 4.90 Å². The zero-order chi connectivity index (χ0) is 38.1. The van der Waals surface area contributed by atoms with E-state index < -0.39 is 35.7 Å². The van der Waals surface area contributed by atoms with E-state index in [-0.39, 0.29) is 44.2 Å². The second-order valence-corrected chi connectivity index (χ2v) is 14.5. The predicted molar refractivity (Wildman–Crippen MR) is 191 cm³/mol.